The second-order valence-corrected chi connectivity index (χ2v) is 17.5. The molecule has 0 saturated heterocycles. The molecule has 0 fully saturated rings. The quantitative estimate of drug-likeness (QED) is 0.181. The van der Waals surface area contributed by atoms with E-state index in [9.17, 15) is 0 Å². The van der Waals surface area contributed by atoms with Gasteiger partial charge in [-0.1, -0.05) is 65.2 Å². The summed E-state index contributed by atoms with van der Waals surface area (Å²) in [4.78, 5) is 28.6. The van der Waals surface area contributed by atoms with E-state index in [2.05, 4.69) is 168 Å². The van der Waals surface area contributed by atoms with Crippen LogP contribution in [0.1, 0.15) is 72.8 Å². The van der Waals surface area contributed by atoms with Crippen molar-refractivity contribution in [3.63, 3.8) is 0 Å². The van der Waals surface area contributed by atoms with Crippen molar-refractivity contribution in [1.29, 1.82) is 0 Å². The number of pyridine rings is 2. The van der Waals surface area contributed by atoms with E-state index in [1.807, 2.05) is 30.5 Å². The first-order chi connectivity index (χ1) is 30.4. The summed E-state index contributed by atoms with van der Waals surface area (Å²) in [6.07, 6.45) is 12.5. The monoisotopic (exact) mass is 818 g/mol. The predicted octanol–water partition coefficient (Wildman–Crippen LogP) is 14.6. The van der Waals surface area contributed by atoms with Crippen LogP contribution in [0.3, 0.4) is 0 Å². The molecule has 0 unspecified atom stereocenters. The van der Waals surface area contributed by atoms with Crippen molar-refractivity contribution in [1.82, 2.24) is 29.9 Å². The molecule has 10 rings (SSSR count). The number of hydrogen-bond donors (Lipinski definition) is 2. The third-order valence-corrected chi connectivity index (χ3v) is 12.5. The number of nitrogens with one attached hydrogen (secondary N) is 2. The fourth-order valence-electron chi connectivity index (χ4n) is 10.2. The highest BCUT2D eigenvalue weighted by Gasteiger charge is 2.23. The van der Waals surface area contributed by atoms with Crippen molar-refractivity contribution < 1.29 is 0 Å². The van der Waals surface area contributed by atoms with E-state index < -0.39 is 0 Å². The number of benzene rings is 3. The lowest BCUT2D eigenvalue weighted by molar-refractivity contribution is 1.24. The van der Waals surface area contributed by atoms with Crippen LogP contribution in [0.4, 0.5) is 0 Å². The molecule has 3 aromatic carbocycles. The van der Waals surface area contributed by atoms with Crippen molar-refractivity contribution in [2.75, 3.05) is 0 Å². The minimum atomic E-state index is 0.811. The van der Waals surface area contributed by atoms with Gasteiger partial charge in [0, 0.05) is 62.3 Å². The average Bonchev–Trinajstić information content (AvgIpc) is 4.09. The van der Waals surface area contributed by atoms with Crippen LogP contribution >= 0.6 is 0 Å². The van der Waals surface area contributed by atoms with Crippen molar-refractivity contribution in [3.8, 4) is 55.9 Å². The molecule has 6 heteroatoms. The summed E-state index contributed by atoms with van der Waals surface area (Å²) in [5, 5.41) is 0. The standard InChI is InChI=1S/C57H50N6/c1-31-24-34(4)51(35(5)25-31)55-45-17-15-43(60-45)54(40-13-14-42(59-30-40)41-12-10-11-23-58-41)44-16-18-46(61-44)56(52-36(6)26-32(2)27-37(52)7)48-20-22-50(63-48)57(49-21-19-47(55)62-49)53-38(8)28-33(3)29-39(53)9/h10-30,60,63H,1-9H3. The van der Waals surface area contributed by atoms with Crippen LogP contribution in [0, 0.1) is 62.3 Å². The fourth-order valence-corrected chi connectivity index (χ4v) is 10.2. The van der Waals surface area contributed by atoms with Gasteiger partial charge in [0.2, 0.25) is 0 Å². The maximum Gasteiger partial charge on any atom is 0.0886 e. The van der Waals surface area contributed by atoms with Crippen LogP contribution in [0.15, 0.2) is 103 Å². The second-order valence-electron chi connectivity index (χ2n) is 17.5. The molecule has 7 heterocycles. The van der Waals surface area contributed by atoms with Gasteiger partial charge in [0.25, 0.3) is 0 Å². The normalized spacial score (nSPS) is 12.1. The number of aryl methyl sites for hydroxylation is 9. The minimum absolute atomic E-state index is 0.811. The number of aromatic amines is 2. The Balaban J connectivity index is 1.39. The van der Waals surface area contributed by atoms with Crippen molar-refractivity contribution in [2.45, 2.75) is 62.3 Å². The van der Waals surface area contributed by atoms with Gasteiger partial charge in [-0.15, -0.1) is 0 Å². The average molecular weight is 819 g/mol. The fraction of sp³-hybridized carbons (Fsp3) is 0.158. The van der Waals surface area contributed by atoms with Gasteiger partial charge in [0.15, 0.2) is 0 Å². The summed E-state index contributed by atoms with van der Waals surface area (Å²) >= 11 is 0. The van der Waals surface area contributed by atoms with Crippen LogP contribution < -0.4 is 0 Å². The molecule has 308 valence electrons. The van der Waals surface area contributed by atoms with Gasteiger partial charge in [-0.25, -0.2) is 9.97 Å². The van der Waals surface area contributed by atoms with Crippen molar-refractivity contribution in [3.05, 3.63) is 176 Å². The van der Waals surface area contributed by atoms with Gasteiger partial charge < -0.3 is 9.97 Å². The predicted molar refractivity (Wildman–Crippen MR) is 264 cm³/mol. The third kappa shape index (κ3) is 7.02. The summed E-state index contributed by atoms with van der Waals surface area (Å²) in [7, 11) is 0. The number of aromatic nitrogens is 6. The summed E-state index contributed by atoms with van der Waals surface area (Å²) in [5.74, 6) is 0. The summed E-state index contributed by atoms with van der Waals surface area (Å²) in [6, 6.07) is 32.5. The Morgan fingerprint density at radius 3 is 1.06 bits per heavy atom. The Morgan fingerprint density at radius 2 is 0.714 bits per heavy atom. The van der Waals surface area contributed by atoms with Crippen LogP contribution in [0.25, 0.3) is 102 Å². The number of hydrogen-bond acceptors (Lipinski definition) is 4. The first-order valence-corrected chi connectivity index (χ1v) is 21.7. The summed E-state index contributed by atoms with van der Waals surface area (Å²) in [5.41, 5.74) is 28.6. The topological polar surface area (TPSA) is 83.1 Å². The number of rotatable bonds is 5. The van der Waals surface area contributed by atoms with E-state index in [0.717, 1.165) is 84.0 Å². The van der Waals surface area contributed by atoms with Crippen LogP contribution in [0.5, 0.6) is 0 Å². The van der Waals surface area contributed by atoms with Gasteiger partial charge in [-0.2, -0.15) is 0 Å². The maximum absolute atomic E-state index is 5.62. The molecule has 2 N–H and O–H groups in total. The zero-order chi connectivity index (χ0) is 43.7. The van der Waals surface area contributed by atoms with Crippen LogP contribution in [-0.2, 0) is 0 Å². The lowest BCUT2D eigenvalue weighted by Crippen LogP contribution is -1.96. The zero-order valence-corrected chi connectivity index (χ0v) is 37.4. The first kappa shape index (κ1) is 39.7. The molecule has 0 aliphatic carbocycles. The third-order valence-electron chi connectivity index (χ3n) is 12.5. The minimum Gasteiger partial charge on any atom is -0.354 e. The molecule has 63 heavy (non-hydrogen) atoms. The largest absolute Gasteiger partial charge is 0.354 e. The van der Waals surface area contributed by atoms with Gasteiger partial charge in [-0.05, 0) is 179 Å². The molecular weight excluding hydrogens is 769 g/mol. The van der Waals surface area contributed by atoms with E-state index in [-0.39, 0.29) is 0 Å². The lowest BCUT2D eigenvalue weighted by atomic mass is 9.92. The molecule has 0 radical (unpaired) electrons. The molecule has 8 aromatic rings. The molecule has 6 nitrogen and oxygen atoms in total. The van der Waals surface area contributed by atoms with Gasteiger partial charge in [-0.3, -0.25) is 9.97 Å². The molecule has 0 amide bonds. The second kappa shape index (κ2) is 15.5. The molecule has 8 bridgehead atoms. The molecule has 5 aromatic heterocycles. The Kier molecular flexibility index (Phi) is 9.75. The summed E-state index contributed by atoms with van der Waals surface area (Å²) < 4.78 is 0. The Labute approximate surface area is 369 Å². The smallest absolute Gasteiger partial charge is 0.0886 e. The van der Waals surface area contributed by atoms with E-state index in [4.69, 9.17) is 15.0 Å². The van der Waals surface area contributed by atoms with E-state index in [1.54, 1.807) is 6.20 Å². The highest BCUT2D eigenvalue weighted by Crippen LogP contribution is 2.42. The molecule has 0 saturated carbocycles. The van der Waals surface area contributed by atoms with Crippen molar-refractivity contribution >= 4 is 46.4 Å². The van der Waals surface area contributed by atoms with E-state index in [0.29, 0.717) is 0 Å². The van der Waals surface area contributed by atoms with E-state index >= 15 is 0 Å². The van der Waals surface area contributed by atoms with Gasteiger partial charge in [0.05, 0.1) is 34.2 Å². The Hall–Kier alpha value is -7.44. The molecule has 2 aliphatic rings. The van der Waals surface area contributed by atoms with Gasteiger partial charge >= 0.3 is 0 Å². The van der Waals surface area contributed by atoms with Crippen LogP contribution in [-0.4, -0.2) is 29.9 Å². The lowest BCUT2D eigenvalue weighted by Gasteiger charge is -2.14. The Bertz CT molecular complexity index is 3290. The van der Waals surface area contributed by atoms with Gasteiger partial charge in [0.1, 0.15) is 0 Å². The Morgan fingerprint density at radius 1 is 0.349 bits per heavy atom. The highest BCUT2D eigenvalue weighted by molar-refractivity contribution is 6.01. The SMILES string of the molecule is Cc1cc(C)c(-c2c3nc(c(-c4c(C)cc(C)cc4C)c4ccc([nH]4)c(-c4c(C)cc(C)cc4C)c4nc(c(-c5ccc(-c6ccccn6)nc5)c5ccc2[nH]5)C=C4)C=C3)c(C)c1. The molecular formula is C57H50N6. The molecule has 2 aliphatic heterocycles. The molecule has 0 spiro atoms. The number of H-pyrrole nitrogens is 2. The van der Waals surface area contributed by atoms with E-state index in [1.165, 1.54) is 66.8 Å². The molecule has 0 atom stereocenters. The first-order valence-electron chi connectivity index (χ1n) is 21.7. The van der Waals surface area contributed by atoms with Crippen molar-refractivity contribution in [2.24, 2.45) is 0 Å². The zero-order valence-electron chi connectivity index (χ0n) is 37.4. The highest BCUT2D eigenvalue weighted by atomic mass is 14.8. The maximum atomic E-state index is 5.62. The summed E-state index contributed by atoms with van der Waals surface area (Å²) in [6.45, 7) is 19.8. The number of nitrogens with zero attached hydrogens (tertiary/aromatic N) is 4. The van der Waals surface area contributed by atoms with Crippen LogP contribution in [0.2, 0.25) is 0 Å². The number of fused-ring (bicyclic) bond motifs is 8.